The summed E-state index contributed by atoms with van der Waals surface area (Å²) in [6, 6.07) is 6.25. The molecule has 3 rings (SSSR count). The van der Waals surface area contributed by atoms with Crippen LogP contribution in [0.4, 0.5) is 0 Å². The zero-order valence-electron chi connectivity index (χ0n) is 9.83. The first-order valence-corrected chi connectivity index (χ1v) is 6.83. The van der Waals surface area contributed by atoms with Crippen LogP contribution in [0.1, 0.15) is 10.6 Å². The Balaban J connectivity index is 1.92. The molecule has 0 radical (unpaired) electrons. The molecule has 0 aliphatic carbocycles. The van der Waals surface area contributed by atoms with Gasteiger partial charge in [-0.05, 0) is 18.6 Å². The smallest absolute Gasteiger partial charge is 0.101 e. The monoisotopic (exact) mass is 273 g/mol. The molecule has 3 aromatic rings. The second kappa shape index (κ2) is 4.59. The maximum absolute atomic E-state index is 5.38. The average Bonchev–Trinajstić information content (AvgIpc) is 2.97. The van der Waals surface area contributed by atoms with Crippen LogP contribution >= 0.6 is 23.6 Å². The van der Waals surface area contributed by atoms with Crippen molar-refractivity contribution in [2.45, 2.75) is 13.3 Å². The van der Waals surface area contributed by atoms with Gasteiger partial charge in [0.15, 0.2) is 0 Å². The highest BCUT2D eigenvalue weighted by atomic mass is 32.1. The van der Waals surface area contributed by atoms with Crippen LogP contribution in [-0.4, -0.2) is 19.5 Å². The molecule has 3 nitrogen and oxygen atoms in total. The summed E-state index contributed by atoms with van der Waals surface area (Å²) >= 11 is 7.09. The normalized spacial score (nSPS) is 10.9. The maximum Gasteiger partial charge on any atom is 0.101 e. The van der Waals surface area contributed by atoms with E-state index in [1.807, 2.05) is 10.8 Å². The molecular formula is C13H11N3S2. The van der Waals surface area contributed by atoms with Gasteiger partial charge in [0.2, 0.25) is 0 Å². The SMILES string of the molecule is Cc1cccc2sc(CC(=S)n3ccnc3)nc12. The van der Waals surface area contributed by atoms with Crippen LogP contribution in [0.25, 0.3) is 10.2 Å². The topological polar surface area (TPSA) is 30.7 Å². The molecule has 0 unspecified atom stereocenters. The second-order valence-corrected chi connectivity index (χ2v) is 5.66. The molecule has 5 heteroatoms. The summed E-state index contributed by atoms with van der Waals surface area (Å²) in [6.07, 6.45) is 6.00. The molecule has 0 saturated carbocycles. The van der Waals surface area contributed by atoms with Crippen LogP contribution in [0.3, 0.4) is 0 Å². The minimum Gasteiger partial charge on any atom is -0.300 e. The Morgan fingerprint density at radius 1 is 1.44 bits per heavy atom. The van der Waals surface area contributed by atoms with Gasteiger partial charge in [0.05, 0.1) is 28.0 Å². The number of fused-ring (bicyclic) bond motifs is 1. The van der Waals surface area contributed by atoms with Crippen molar-refractivity contribution in [2.75, 3.05) is 0 Å². The molecule has 18 heavy (non-hydrogen) atoms. The van der Waals surface area contributed by atoms with E-state index in [0.29, 0.717) is 6.42 Å². The number of hydrogen-bond donors (Lipinski definition) is 0. The predicted molar refractivity (Wildman–Crippen MR) is 78.3 cm³/mol. The van der Waals surface area contributed by atoms with Gasteiger partial charge in [-0.2, -0.15) is 0 Å². The predicted octanol–water partition coefficient (Wildman–Crippen LogP) is 3.22. The largest absolute Gasteiger partial charge is 0.300 e. The Morgan fingerprint density at radius 2 is 2.33 bits per heavy atom. The summed E-state index contributed by atoms with van der Waals surface area (Å²) in [4.78, 5) is 9.48. The minimum absolute atomic E-state index is 0.685. The fourth-order valence-corrected chi connectivity index (χ4v) is 3.22. The molecule has 1 aromatic carbocycles. The summed E-state index contributed by atoms with van der Waals surface area (Å²) < 4.78 is 3.08. The minimum atomic E-state index is 0.685. The number of aromatic nitrogens is 3. The zero-order chi connectivity index (χ0) is 12.5. The average molecular weight is 273 g/mol. The van der Waals surface area contributed by atoms with Gasteiger partial charge in [0.25, 0.3) is 0 Å². The summed E-state index contributed by atoms with van der Waals surface area (Å²) in [5.41, 5.74) is 2.30. The molecular weight excluding hydrogens is 262 g/mol. The van der Waals surface area contributed by atoms with E-state index < -0.39 is 0 Å². The lowest BCUT2D eigenvalue weighted by Gasteiger charge is -2.00. The van der Waals surface area contributed by atoms with Crippen molar-refractivity contribution >= 4 is 38.8 Å². The fraction of sp³-hybridized carbons (Fsp3) is 0.154. The number of rotatable bonds is 2. The number of thiazole rings is 1. The molecule has 0 N–H and O–H groups in total. The summed E-state index contributed by atoms with van der Waals surface area (Å²) in [5.74, 6) is 0. The highest BCUT2D eigenvalue weighted by molar-refractivity contribution is 7.80. The number of hydrogen-bond acceptors (Lipinski definition) is 4. The summed E-state index contributed by atoms with van der Waals surface area (Å²) in [6.45, 7) is 2.08. The van der Waals surface area contributed by atoms with E-state index >= 15 is 0 Å². The van der Waals surface area contributed by atoms with E-state index in [9.17, 15) is 0 Å². The van der Waals surface area contributed by atoms with Crippen molar-refractivity contribution in [2.24, 2.45) is 0 Å². The molecule has 2 aromatic heterocycles. The Hall–Kier alpha value is -1.59. The zero-order valence-corrected chi connectivity index (χ0v) is 11.5. The first-order valence-electron chi connectivity index (χ1n) is 5.60. The molecule has 0 saturated heterocycles. The van der Waals surface area contributed by atoms with Gasteiger partial charge in [-0.1, -0.05) is 24.4 Å². The molecule has 90 valence electrons. The van der Waals surface area contributed by atoms with Crippen molar-refractivity contribution in [1.82, 2.24) is 14.5 Å². The van der Waals surface area contributed by atoms with Crippen LogP contribution in [0.2, 0.25) is 0 Å². The van der Waals surface area contributed by atoms with Crippen molar-refractivity contribution in [3.63, 3.8) is 0 Å². The first kappa shape index (κ1) is 11.5. The van der Waals surface area contributed by atoms with Crippen LogP contribution in [0.5, 0.6) is 0 Å². The van der Waals surface area contributed by atoms with Crippen molar-refractivity contribution in [3.05, 3.63) is 47.5 Å². The Labute approximate surface area is 114 Å². The van der Waals surface area contributed by atoms with Crippen molar-refractivity contribution in [1.29, 1.82) is 0 Å². The van der Waals surface area contributed by atoms with E-state index in [1.165, 1.54) is 10.3 Å². The van der Waals surface area contributed by atoms with Gasteiger partial charge < -0.3 is 0 Å². The van der Waals surface area contributed by atoms with Gasteiger partial charge >= 0.3 is 0 Å². The maximum atomic E-state index is 5.38. The van der Waals surface area contributed by atoms with E-state index in [4.69, 9.17) is 12.2 Å². The lowest BCUT2D eigenvalue weighted by atomic mass is 10.2. The summed E-state index contributed by atoms with van der Waals surface area (Å²) in [5, 5.41) is 1.05. The Bertz CT molecular complexity index is 698. The third-order valence-corrected chi connectivity index (χ3v) is 4.14. The van der Waals surface area contributed by atoms with Gasteiger partial charge in [-0.3, -0.25) is 4.57 Å². The molecule has 0 aliphatic rings. The van der Waals surface area contributed by atoms with E-state index in [1.54, 1.807) is 23.9 Å². The molecule has 0 bridgehead atoms. The first-order chi connectivity index (χ1) is 8.74. The van der Waals surface area contributed by atoms with Gasteiger partial charge in [0.1, 0.15) is 5.01 Å². The van der Waals surface area contributed by atoms with Crippen LogP contribution in [0.15, 0.2) is 36.9 Å². The molecule has 0 amide bonds. The highest BCUT2D eigenvalue weighted by Gasteiger charge is 2.08. The Kier molecular flexibility index (Phi) is 2.93. The number of thiocarbonyl (C=S) groups is 1. The highest BCUT2D eigenvalue weighted by Crippen LogP contribution is 2.25. The van der Waals surface area contributed by atoms with Gasteiger partial charge in [-0.25, -0.2) is 9.97 Å². The van der Waals surface area contributed by atoms with E-state index in [0.717, 1.165) is 15.5 Å². The molecule has 0 atom stereocenters. The Morgan fingerprint density at radius 3 is 3.06 bits per heavy atom. The lowest BCUT2D eigenvalue weighted by Crippen LogP contribution is -2.09. The van der Waals surface area contributed by atoms with Gasteiger partial charge in [0, 0.05) is 12.4 Å². The number of nitrogens with zero attached hydrogens (tertiary/aromatic N) is 3. The van der Waals surface area contributed by atoms with Crippen LogP contribution < -0.4 is 0 Å². The summed E-state index contributed by atoms with van der Waals surface area (Å²) in [7, 11) is 0. The van der Waals surface area contributed by atoms with E-state index in [2.05, 4.69) is 35.1 Å². The van der Waals surface area contributed by atoms with Gasteiger partial charge in [-0.15, -0.1) is 11.3 Å². The van der Waals surface area contributed by atoms with Crippen LogP contribution in [0, 0.1) is 6.92 Å². The number of para-hydroxylation sites is 1. The quantitative estimate of drug-likeness (QED) is 0.672. The third-order valence-electron chi connectivity index (χ3n) is 2.76. The van der Waals surface area contributed by atoms with Crippen molar-refractivity contribution in [3.8, 4) is 0 Å². The molecule has 0 aliphatic heterocycles. The standard InChI is InChI=1S/C13H11N3S2/c1-9-3-2-4-10-13(9)15-11(18-10)7-12(17)16-6-5-14-8-16/h2-6,8H,7H2,1H3. The fourth-order valence-electron chi connectivity index (χ4n) is 1.84. The lowest BCUT2D eigenvalue weighted by molar-refractivity contribution is 1.10. The number of imidazole rings is 1. The van der Waals surface area contributed by atoms with Crippen LogP contribution in [-0.2, 0) is 6.42 Å². The number of benzene rings is 1. The third kappa shape index (κ3) is 2.07. The van der Waals surface area contributed by atoms with Crippen molar-refractivity contribution < 1.29 is 0 Å². The molecule has 2 heterocycles. The number of aryl methyl sites for hydroxylation is 1. The van der Waals surface area contributed by atoms with E-state index in [-0.39, 0.29) is 0 Å². The molecule has 0 fully saturated rings. The second-order valence-electron chi connectivity index (χ2n) is 4.07. The molecule has 0 spiro atoms.